The summed E-state index contributed by atoms with van der Waals surface area (Å²) in [7, 11) is 0. The van der Waals surface area contributed by atoms with Crippen LogP contribution in [-0.2, 0) is 9.59 Å². The van der Waals surface area contributed by atoms with Crippen molar-refractivity contribution in [1.29, 1.82) is 0 Å². The summed E-state index contributed by atoms with van der Waals surface area (Å²) in [6.07, 6.45) is -0.740. The number of carboxylic acids is 1. The number of aliphatic carboxylic acids is 1. The predicted octanol–water partition coefficient (Wildman–Crippen LogP) is 0.857. The second-order valence-electron chi connectivity index (χ2n) is 4.12. The van der Waals surface area contributed by atoms with Crippen molar-refractivity contribution in [2.24, 2.45) is 0 Å². The maximum atomic E-state index is 12.0. The van der Waals surface area contributed by atoms with Crippen LogP contribution in [0, 0.1) is 0 Å². The van der Waals surface area contributed by atoms with Crippen LogP contribution in [0.25, 0.3) is 0 Å². The van der Waals surface area contributed by atoms with E-state index in [0.717, 1.165) is 0 Å². The second kappa shape index (κ2) is 4.56. The Kier molecular flexibility index (Phi) is 3.10. The molecule has 0 aliphatic carbocycles. The van der Waals surface area contributed by atoms with Gasteiger partial charge in [0.05, 0.1) is 12.1 Å². The van der Waals surface area contributed by atoms with Gasteiger partial charge in [-0.2, -0.15) is 0 Å². The highest BCUT2D eigenvalue weighted by molar-refractivity contribution is 6.00. The first-order valence-electron chi connectivity index (χ1n) is 5.58. The van der Waals surface area contributed by atoms with E-state index in [0.29, 0.717) is 17.1 Å². The number of rotatable bonds is 3. The Morgan fingerprint density at radius 3 is 2.94 bits per heavy atom. The third kappa shape index (κ3) is 2.22. The Morgan fingerprint density at radius 2 is 2.28 bits per heavy atom. The van der Waals surface area contributed by atoms with Gasteiger partial charge in [-0.05, 0) is 19.1 Å². The average molecular weight is 250 g/mol. The van der Waals surface area contributed by atoms with Gasteiger partial charge in [-0.25, -0.2) is 0 Å². The molecule has 1 aliphatic rings. The zero-order chi connectivity index (χ0) is 13.3. The highest BCUT2D eigenvalue weighted by Crippen LogP contribution is 2.35. The number of hydrogen-bond acceptors (Lipinski definition) is 4. The zero-order valence-electron chi connectivity index (χ0n) is 9.92. The number of ether oxygens (including phenoxy) is 1. The van der Waals surface area contributed by atoms with Crippen molar-refractivity contribution in [3.8, 4) is 5.75 Å². The number of carboxylic acid groups (broad SMARTS) is 1. The Hall–Kier alpha value is -2.24. The molecule has 0 spiro atoms. The number of benzene rings is 1. The number of carbonyl (C=O) groups excluding carboxylic acids is 1. The van der Waals surface area contributed by atoms with E-state index in [2.05, 4.69) is 0 Å². The number of nitrogens with zero attached hydrogens (tertiary/aromatic N) is 1. The van der Waals surface area contributed by atoms with E-state index < -0.39 is 12.1 Å². The summed E-state index contributed by atoms with van der Waals surface area (Å²) in [5.41, 5.74) is 6.75. The first kappa shape index (κ1) is 12.2. The van der Waals surface area contributed by atoms with E-state index in [-0.39, 0.29) is 18.9 Å². The van der Waals surface area contributed by atoms with Gasteiger partial charge in [-0.15, -0.1) is 0 Å². The Bertz CT molecular complexity index is 501. The third-order valence-corrected chi connectivity index (χ3v) is 2.74. The van der Waals surface area contributed by atoms with Crippen LogP contribution in [0.4, 0.5) is 11.4 Å². The van der Waals surface area contributed by atoms with Gasteiger partial charge in [0.1, 0.15) is 5.75 Å². The molecular formula is C12H14N2O4. The molecule has 18 heavy (non-hydrogen) atoms. The number of fused-ring (bicyclic) bond motifs is 1. The topological polar surface area (TPSA) is 92.9 Å². The SMILES string of the molecule is CC1Oc2cc(N)ccc2N(CCC(=O)O)C1=O. The van der Waals surface area contributed by atoms with E-state index >= 15 is 0 Å². The molecular weight excluding hydrogens is 236 g/mol. The van der Waals surface area contributed by atoms with Crippen LogP contribution in [0.3, 0.4) is 0 Å². The smallest absolute Gasteiger partial charge is 0.305 e. The fourth-order valence-electron chi connectivity index (χ4n) is 1.87. The predicted molar refractivity (Wildman–Crippen MR) is 65.6 cm³/mol. The van der Waals surface area contributed by atoms with Crippen LogP contribution >= 0.6 is 0 Å². The molecule has 1 atom stereocenters. The van der Waals surface area contributed by atoms with Gasteiger partial charge >= 0.3 is 5.97 Å². The van der Waals surface area contributed by atoms with E-state index in [4.69, 9.17) is 15.6 Å². The normalized spacial score (nSPS) is 18.2. The second-order valence-corrected chi connectivity index (χ2v) is 4.12. The van der Waals surface area contributed by atoms with Crippen molar-refractivity contribution < 1.29 is 19.4 Å². The summed E-state index contributed by atoms with van der Waals surface area (Å²) in [5.74, 6) is -0.681. The van der Waals surface area contributed by atoms with Gasteiger partial charge in [0.15, 0.2) is 6.10 Å². The van der Waals surface area contributed by atoms with E-state index in [9.17, 15) is 9.59 Å². The van der Waals surface area contributed by atoms with Crippen LogP contribution in [-0.4, -0.2) is 29.6 Å². The molecule has 0 saturated carbocycles. The number of nitrogens with two attached hydrogens (primary N) is 1. The maximum Gasteiger partial charge on any atom is 0.305 e. The molecule has 1 aromatic rings. The van der Waals surface area contributed by atoms with E-state index in [1.165, 1.54) is 4.90 Å². The fourth-order valence-corrected chi connectivity index (χ4v) is 1.87. The number of anilines is 2. The molecule has 1 aromatic carbocycles. The Labute approximate surface area is 104 Å². The Morgan fingerprint density at radius 1 is 1.56 bits per heavy atom. The molecule has 2 rings (SSSR count). The van der Waals surface area contributed by atoms with Crippen LogP contribution in [0.15, 0.2) is 18.2 Å². The lowest BCUT2D eigenvalue weighted by molar-refractivity contribution is -0.136. The summed E-state index contributed by atoms with van der Waals surface area (Å²) in [6, 6.07) is 4.95. The fraction of sp³-hybridized carbons (Fsp3) is 0.333. The minimum atomic E-state index is -0.945. The summed E-state index contributed by atoms with van der Waals surface area (Å²) in [6.45, 7) is 1.75. The van der Waals surface area contributed by atoms with Gasteiger partial charge in [0, 0.05) is 18.3 Å². The molecule has 1 aliphatic heterocycles. The minimum absolute atomic E-state index is 0.109. The van der Waals surface area contributed by atoms with Crippen molar-refractivity contribution in [2.75, 3.05) is 17.2 Å². The maximum absolute atomic E-state index is 12.0. The summed E-state index contributed by atoms with van der Waals surface area (Å²) >= 11 is 0. The molecule has 1 amide bonds. The standard InChI is InChI=1S/C12H14N2O4/c1-7-12(17)14(5-4-11(15)16)9-3-2-8(13)6-10(9)18-7/h2-3,6-7H,4-5,13H2,1H3,(H,15,16). The highest BCUT2D eigenvalue weighted by atomic mass is 16.5. The van der Waals surface area contributed by atoms with Gasteiger partial charge in [-0.1, -0.05) is 0 Å². The van der Waals surface area contributed by atoms with Crippen LogP contribution in [0.1, 0.15) is 13.3 Å². The number of carbonyl (C=O) groups is 2. The lowest BCUT2D eigenvalue weighted by atomic mass is 10.1. The van der Waals surface area contributed by atoms with Crippen LogP contribution in [0.5, 0.6) is 5.75 Å². The van der Waals surface area contributed by atoms with Crippen molar-refractivity contribution in [3.63, 3.8) is 0 Å². The van der Waals surface area contributed by atoms with Gasteiger partial charge in [0.25, 0.3) is 5.91 Å². The van der Waals surface area contributed by atoms with Crippen molar-refractivity contribution in [3.05, 3.63) is 18.2 Å². The summed E-state index contributed by atoms with van der Waals surface area (Å²) < 4.78 is 5.44. The van der Waals surface area contributed by atoms with Gasteiger partial charge in [0.2, 0.25) is 0 Å². The molecule has 0 saturated heterocycles. The monoisotopic (exact) mass is 250 g/mol. The number of nitrogen functional groups attached to an aromatic ring is 1. The molecule has 6 heteroatoms. The molecule has 0 aromatic heterocycles. The van der Waals surface area contributed by atoms with Gasteiger partial charge in [-0.3, -0.25) is 9.59 Å². The molecule has 96 valence electrons. The molecule has 1 unspecified atom stereocenters. The molecule has 0 bridgehead atoms. The molecule has 3 N–H and O–H groups in total. The van der Waals surface area contributed by atoms with Crippen molar-refractivity contribution >= 4 is 23.3 Å². The van der Waals surface area contributed by atoms with Crippen LogP contribution in [0.2, 0.25) is 0 Å². The lowest BCUT2D eigenvalue weighted by Gasteiger charge is -2.32. The number of hydrogen-bond donors (Lipinski definition) is 2. The summed E-state index contributed by atoms with van der Waals surface area (Å²) in [4.78, 5) is 24.0. The quantitative estimate of drug-likeness (QED) is 0.776. The van der Waals surface area contributed by atoms with Crippen molar-refractivity contribution in [1.82, 2.24) is 0 Å². The Balaban J connectivity index is 2.33. The van der Waals surface area contributed by atoms with Crippen molar-refractivity contribution in [2.45, 2.75) is 19.4 Å². The molecule has 1 heterocycles. The van der Waals surface area contributed by atoms with Gasteiger partial charge < -0.3 is 20.5 Å². The largest absolute Gasteiger partial charge is 0.481 e. The molecule has 0 fully saturated rings. The average Bonchev–Trinajstić information content (AvgIpc) is 2.29. The highest BCUT2D eigenvalue weighted by Gasteiger charge is 2.31. The zero-order valence-corrected chi connectivity index (χ0v) is 9.92. The van der Waals surface area contributed by atoms with Crippen LogP contribution < -0.4 is 15.4 Å². The first-order valence-corrected chi connectivity index (χ1v) is 5.58. The molecule has 6 nitrogen and oxygen atoms in total. The van der Waals surface area contributed by atoms with E-state index in [1.807, 2.05) is 0 Å². The number of amides is 1. The summed E-state index contributed by atoms with van der Waals surface area (Å²) in [5, 5.41) is 8.70. The van der Waals surface area contributed by atoms with E-state index in [1.54, 1.807) is 25.1 Å². The third-order valence-electron chi connectivity index (χ3n) is 2.74. The minimum Gasteiger partial charge on any atom is -0.481 e. The molecule has 0 radical (unpaired) electrons. The lowest BCUT2D eigenvalue weighted by Crippen LogP contribution is -2.45. The first-order chi connectivity index (χ1) is 8.49.